The fourth-order valence-corrected chi connectivity index (χ4v) is 3.54. The highest BCUT2D eigenvalue weighted by Gasteiger charge is 2.58. The van der Waals surface area contributed by atoms with E-state index in [1.54, 1.807) is 7.11 Å². The molecule has 1 fully saturated rings. The number of methoxy groups -OCH3 is 1. The van der Waals surface area contributed by atoms with Crippen LogP contribution in [-0.2, 0) is 9.47 Å². The molecule has 4 heteroatoms. The lowest BCUT2D eigenvalue weighted by Crippen LogP contribution is -2.74. The Bertz CT molecular complexity index is 305. The quantitative estimate of drug-likeness (QED) is 0.674. The van der Waals surface area contributed by atoms with Gasteiger partial charge in [-0.1, -0.05) is 27.7 Å². The number of nitrogens with zero attached hydrogens (tertiary/aromatic N) is 1. The first-order valence-corrected chi connectivity index (χ1v) is 8.49. The van der Waals surface area contributed by atoms with E-state index in [1.165, 1.54) is 0 Å². The maximum absolute atomic E-state index is 6.76. The van der Waals surface area contributed by atoms with Crippen LogP contribution in [-0.4, -0.2) is 56.0 Å². The summed E-state index contributed by atoms with van der Waals surface area (Å²) in [7, 11) is 1.77. The van der Waals surface area contributed by atoms with Gasteiger partial charge in [0.25, 0.3) is 0 Å². The lowest BCUT2D eigenvalue weighted by molar-refractivity contribution is -0.159. The van der Waals surface area contributed by atoms with Crippen molar-refractivity contribution in [3.8, 4) is 0 Å². The fourth-order valence-electron chi connectivity index (χ4n) is 3.54. The third kappa shape index (κ3) is 3.98. The molecule has 0 aliphatic heterocycles. The van der Waals surface area contributed by atoms with Crippen LogP contribution in [0.3, 0.4) is 0 Å². The Kier molecular flexibility index (Phi) is 7.11. The second-order valence-corrected chi connectivity index (χ2v) is 6.96. The van der Waals surface area contributed by atoms with E-state index in [9.17, 15) is 0 Å². The lowest BCUT2D eigenvalue weighted by Gasteiger charge is -2.61. The molecule has 0 spiro atoms. The Morgan fingerprint density at radius 1 is 1.24 bits per heavy atom. The van der Waals surface area contributed by atoms with Gasteiger partial charge in [-0.3, -0.25) is 4.90 Å². The van der Waals surface area contributed by atoms with Crippen molar-refractivity contribution < 1.29 is 9.47 Å². The average Bonchev–Trinajstić information content (AvgIpc) is 2.45. The molecule has 126 valence electrons. The Morgan fingerprint density at radius 3 is 2.29 bits per heavy atom. The Balaban J connectivity index is 2.73. The molecule has 0 aromatic carbocycles. The molecule has 2 unspecified atom stereocenters. The summed E-state index contributed by atoms with van der Waals surface area (Å²) in [6, 6.07) is 0.586. The SMILES string of the molecule is CCOC1CC(N)(CN(CCOC)C(CC)CC)C1(C)C. The molecule has 1 saturated carbocycles. The van der Waals surface area contributed by atoms with Gasteiger partial charge in [0.1, 0.15) is 0 Å². The number of rotatable bonds is 10. The van der Waals surface area contributed by atoms with Crippen molar-refractivity contribution in [2.24, 2.45) is 11.1 Å². The maximum Gasteiger partial charge on any atom is 0.0662 e. The van der Waals surface area contributed by atoms with Crippen molar-refractivity contribution in [3.63, 3.8) is 0 Å². The normalized spacial score (nSPS) is 28.1. The van der Waals surface area contributed by atoms with Crippen molar-refractivity contribution in [2.45, 2.75) is 71.6 Å². The Hall–Kier alpha value is -0.160. The van der Waals surface area contributed by atoms with E-state index in [1.807, 2.05) is 0 Å². The van der Waals surface area contributed by atoms with Gasteiger partial charge in [-0.05, 0) is 26.2 Å². The van der Waals surface area contributed by atoms with Gasteiger partial charge in [-0.15, -0.1) is 0 Å². The highest BCUT2D eigenvalue weighted by atomic mass is 16.5. The standard InChI is InChI=1S/C17H36N2O2/c1-7-14(8-2)19(10-11-20-6)13-17(18)12-15(21-9-3)16(17,4)5/h14-15H,7-13,18H2,1-6H3. The summed E-state index contributed by atoms with van der Waals surface area (Å²) in [4.78, 5) is 2.52. The number of hydrogen-bond donors (Lipinski definition) is 1. The third-order valence-electron chi connectivity index (χ3n) is 5.53. The molecule has 0 heterocycles. The fraction of sp³-hybridized carbons (Fsp3) is 1.00. The molecule has 0 aromatic heterocycles. The van der Waals surface area contributed by atoms with Gasteiger partial charge < -0.3 is 15.2 Å². The summed E-state index contributed by atoms with van der Waals surface area (Å²) in [6.07, 6.45) is 3.56. The average molecular weight is 300 g/mol. The Morgan fingerprint density at radius 2 is 1.86 bits per heavy atom. The first-order chi connectivity index (χ1) is 9.86. The summed E-state index contributed by atoms with van der Waals surface area (Å²) < 4.78 is 11.1. The molecule has 0 bridgehead atoms. The second kappa shape index (κ2) is 7.91. The van der Waals surface area contributed by atoms with E-state index in [0.29, 0.717) is 12.1 Å². The van der Waals surface area contributed by atoms with Crippen LogP contribution < -0.4 is 5.73 Å². The zero-order valence-corrected chi connectivity index (χ0v) is 14.9. The van der Waals surface area contributed by atoms with Crippen molar-refractivity contribution >= 4 is 0 Å². The first-order valence-electron chi connectivity index (χ1n) is 8.49. The van der Waals surface area contributed by atoms with Gasteiger partial charge in [0, 0.05) is 43.8 Å². The van der Waals surface area contributed by atoms with E-state index < -0.39 is 0 Å². The predicted octanol–water partition coefficient (Wildman–Crippen LogP) is 2.66. The van der Waals surface area contributed by atoms with E-state index in [2.05, 4.69) is 39.5 Å². The summed E-state index contributed by atoms with van der Waals surface area (Å²) in [6.45, 7) is 14.5. The molecule has 0 saturated heterocycles. The minimum absolute atomic E-state index is 0.0281. The molecule has 2 N–H and O–H groups in total. The van der Waals surface area contributed by atoms with Crippen LogP contribution in [0.2, 0.25) is 0 Å². The van der Waals surface area contributed by atoms with Crippen LogP contribution in [0.4, 0.5) is 0 Å². The lowest BCUT2D eigenvalue weighted by atomic mass is 9.54. The van der Waals surface area contributed by atoms with Gasteiger partial charge in [-0.25, -0.2) is 0 Å². The smallest absolute Gasteiger partial charge is 0.0662 e. The molecular weight excluding hydrogens is 264 g/mol. The van der Waals surface area contributed by atoms with Crippen LogP contribution in [0.5, 0.6) is 0 Å². The number of ether oxygens (including phenoxy) is 2. The van der Waals surface area contributed by atoms with Crippen molar-refractivity contribution in [1.29, 1.82) is 0 Å². The molecule has 1 aliphatic rings. The van der Waals surface area contributed by atoms with Crippen LogP contribution in [0.25, 0.3) is 0 Å². The topological polar surface area (TPSA) is 47.7 Å². The maximum atomic E-state index is 6.76. The molecule has 0 aromatic rings. The first kappa shape index (κ1) is 18.9. The van der Waals surface area contributed by atoms with Crippen LogP contribution >= 0.6 is 0 Å². The summed E-state index contributed by atoms with van der Waals surface area (Å²) in [5, 5.41) is 0. The van der Waals surface area contributed by atoms with Gasteiger partial charge in [0.2, 0.25) is 0 Å². The van der Waals surface area contributed by atoms with Crippen molar-refractivity contribution in [2.75, 3.05) is 33.4 Å². The minimum Gasteiger partial charge on any atom is -0.383 e. The summed E-state index contributed by atoms with van der Waals surface area (Å²) in [5.41, 5.74) is 6.62. The highest BCUT2D eigenvalue weighted by molar-refractivity contribution is 5.15. The zero-order valence-electron chi connectivity index (χ0n) is 14.9. The second-order valence-electron chi connectivity index (χ2n) is 6.96. The van der Waals surface area contributed by atoms with Crippen molar-refractivity contribution in [1.82, 2.24) is 4.90 Å². The largest absolute Gasteiger partial charge is 0.383 e. The molecule has 4 nitrogen and oxygen atoms in total. The van der Waals surface area contributed by atoms with Gasteiger partial charge in [-0.2, -0.15) is 0 Å². The molecule has 0 radical (unpaired) electrons. The Labute approximate surface area is 131 Å². The van der Waals surface area contributed by atoms with Crippen LogP contribution in [0, 0.1) is 5.41 Å². The molecule has 1 rings (SSSR count). The summed E-state index contributed by atoms with van der Waals surface area (Å²) >= 11 is 0. The molecule has 0 amide bonds. The number of nitrogens with two attached hydrogens (primary N) is 1. The van der Waals surface area contributed by atoms with E-state index in [4.69, 9.17) is 15.2 Å². The number of hydrogen-bond acceptors (Lipinski definition) is 4. The predicted molar refractivity (Wildman–Crippen MR) is 88.5 cm³/mol. The van der Waals surface area contributed by atoms with Crippen molar-refractivity contribution in [3.05, 3.63) is 0 Å². The summed E-state index contributed by atoms with van der Waals surface area (Å²) in [5.74, 6) is 0. The van der Waals surface area contributed by atoms with Gasteiger partial charge in [0.05, 0.1) is 12.7 Å². The monoisotopic (exact) mass is 300 g/mol. The molecular formula is C17H36N2O2. The minimum atomic E-state index is -0.164. The van der Waals surface area contributed by atoms with E-state index in [-0.39, 0.29) is 11.0 Å². The van der Waals surface area contributed by atoms with E-state index in [0.717, 1.165) is 45.6 Å². The molecule has 2 atom stereocenters. The van der Waals surface area contributed by atoms with E-state index >= 15 is 0 Å². The van der Waals surface area contributed by atoms with Crippen LogP contribution in [0.15, 0.2) is 0 Å². The molecule has 21 heavy (non-hydrogen) atoms. The molecule has 1 aliphatic carbocycles. The third-order valence-corrected chi connectivity index (χ3v) is 5.53. The van der Waals surface area contributed by atoms with Gasteiger partial charge in [0.15, 0.2) is 0 Å². The van der Waals surface area contributed by atoms with Crippen LogP contribution in [0.1, 0.15) is 53.9 Å². The highest BCUT2D eigenvalue weighted by Crippen LogP contribution is 2.50. The van der Waals surface area contributed by atoms with Gasteiger partial charge >= 0.3 is 0 Å². The zero-order chi connectivity index (χ0) is 16.1.